The van der Waals surface area contributed by atoms with Crippen LogP contribution in [0.3, 0.4) is 0 Å². The van der Waals surface area contributed by atoms with Crippen molar-refractivity contribution in [3.05, 3.63) is 59.6 Å². The van der Waals surface area contributed by atoms with Crippen molar-refractivity contribution in [2.45, 2.75) is 6.92 Å². The topological polar surface area (TPSA) is 72.2 Å². The first-order valence-electron chi connectivity index (χ1n) is 9.63. The summed E-state index contributed by atoms with van der Waals surface area (Å²) in [6.07, 6.45) is 3.06. The number of hydrogen-bond donors (Lipinski definition) is 0. The van der Waals surface area contributed by atoms with Gasteiger partial charge in [0, 0.05) is 38.8 Å². The molecule has 1 aromatic heterocycles. The van der Waals surface area contributed by atoms with Crippen LogP contribution < -0.4 is 4.74 Å². The fourth-order valence-electron chi connectivity index (χ4n) is 3.16. The lowest BCUT2D eigenvalue weighted by Gasteiger charge is -2.34. The minimum absolute atomic E-state index is 0.0705. The van der Waals surface area contributed by atoms with Gasteiger partial charge in [-0.05, 0) is 31.2 Å². The van der Waals surface area contributed by atoms with E-state index in [0.717, 1.165) is 25.4 Å². The van der Waals surface area contributed by atoms with Crippen LogP contribution in [0.1, 0.15) is 21.9 Å². The third kappa shape index (κ3) is 5.71. The fourth-order valence-corrected chi connectivity index (χ4v) is 3.16. The molecule has 1 fully saturated rings. The van der Waals surface area contributed by atoms with Gasteiger partial charge >= 0.3 is 5.97 Å². The summed E-state index contributed by atoms with van der Waals surface area (Å²) in [5.41, 5.74) is 0.367. The normalized spacial score (nSPS) is 14.9. The Bertz CT molecular complexity index is 851. The van der Waals surface area contributed by atoms with Gasteiger partial charge in [-0.2, -0.15) is 0 Å². The molecule has 2 heterocycles. The van der Waals surface area contributed by atoms with Crippen LogP contribution in [0.5, 0.6) is 5.75 Å². The largest absolute Gasteiger partial charge is 0.492 e. The first kappa shape index (κ1) is 20.7. The van der Waals surface area contributed by atoms with Gasteiger partial charge in [0.05, 0.1) is 7.11 Å². The first-order chi connectivity index (χ1) is 14.1. The number of rotatable bonds is 7. The summed E-state index contributed by atoms with van der Waals surface area (Å²) in [7, 11) is 1.32. The number of ether oxygens (including phenoxy) is 2. The first-order valence-corrected chi connectivity index (χ1v) is 9.63. The monoisotopic (exact) mass is 398 g/mol. The summed E-state index contributed by atoms with van der Waals surface area (Å²) in [6.45, 7) is 6.09. The molecule has 1 aromatic carbocycles. The molecule has 1 amide bonds. The molecular weight excluding hydrogens is 372 g/mol. The second-order valence-electron chi connectivity index (χ2n) is 6.77. The van der Waals surface area contributed by atoms with Crippen molar-refractivity contribution < 1.29 is 23.5 Å². The maximum absolute atomic E-state index is 12.4. The van der Waals surface area contributed by atoms with Crippen LogP contribution in [-0.2, 0) is 9.53 Å². The smallest absolute Gasteiger partial charge is 0.341 e. The maximum atomic E-state index is 12.4. The van der Waals surface area contributed by atoms with E-state index in [4.69, 9.17) is 13.9 Å². The van der Waals surface area contributed by atoms with E-state index < -0.39 is 5.97 Å². The van der Waals surface area contributed by atoms with Gasteiger partial charge in [0.25, 0.3) is 0 Å². The molecule has 1 aliphatic rings. The Kier molecular flexibility index (Phi) is 7.08. The summed E-state index contributed by atoms with van der Waals surface area (Å²) in [5, 5.41) is 0. The van der Waals surface area contributed by atoms with Crippen LogP contribution in [0.25, 0.3) is 6.08 Å². The average molecular weight is 398 g/mol. The number of para-hydroxylation sites is 1. The number of carbonyl (C=O) groups is 2. The van der Waals surface area contributed by atoms with Gasteiger partial charge in [-0.1, -0.05) is 18.2 Å². The molecule has 0 aliphatic carbocycles. The molecule has 29 heavy (non-hydrogen) atoms. The Balaban J connectivity index is 1.43. The SMILES string of the molecule is COC(=O)c1cc(/C=C/C(=O)N2CCN(CCOc3ccccc3)CC2)oc1C. The average Bonchev–Trinajstić information content (AvgIpc) is 3.13. The number of aryl methyl sites for hydroxylation is 1. The van der Waals surface area contributed by atoms with Gasteiger partial charge in [-0.3, -0.25) is 9.69 Å². The van der Waals surface area contributed by atoms with E-state index in [1.165, 1.54) is 13.2 Å². The summed E-state index contributed by atoms with van der Waals surface area (Å²) < 4.78 is 15.9. The highest BCUT2D eigenvalue weighted by Crippen LogP contribution is 2.17. The lowest BCUT2D eigenvalue weighted by Crippen LogP contribution is -2.49. The van der Waals surface area contributed by atoms with Crippen LogP contribution in [0, 0.1) is 6.92 Å². The number of piperazine rings is 1. The number of benzene rings is 1. The highest BCUT2D eigenvalue weighted by molar-refractivity contribution is 5.93. The van der Waals surface area contributed by atoms with E-state index in [1.54, 1.807) is 19.1 Å². The van der Waals surface area contributed by atoms with Crippen molar-refractivity contribution >= 4 is 18.0 Å². The third-order valence-corrected chi connectivity index (χ3v) is 4.84. The van der Waals surface area contributed by atoms with Gasteiger partial charge in [0.15, 0.2) is 0 Å². The van der Waals surface area contributed by atoms with E-state index in [-0.39, 0.29) is 5.91 Å². The quantitative estimate of drug-likeness (QED) is 0.527. The molecule has 0 atom stereocenters. The highest BCUT2D eigenvalue weighted by Gasteiger charge is 2.20. The predicted molar refractivity (Wildman–Crippen MR) is 109 cm³/mol. The van der Waals surface area contributed by atoms with E-state index >= 15 is 0 Å². The number of hydrogen-bond acceptors (Lipinski definition) is 6. The lowest BCUT2D eigenvalue weighted by molar-refractivity contribution is -0.127. The molecule has 7 nitrogen and oxygen atoms in total. The van der Waals surface area contributed by atoms with Gasteiger partial charge in [-0.25, -0.2) is 4.79 Å². The molecule has 0 unspecified atom stereocenters. The molecule has 2 aromatic rings. The number of nitrogens with zero attached hydrogens (tertiary/aromatic N) is 2. The zero-order valence-electron chi connectivity index (χ0n) is 16.8. The summed E-state index contributed by atoms with van der Waals surface area (Å²) in [6, 6.07) is 11.3. The Morgan fingerprint density at radius 2 is 1.86 bits per heavy atom. The van der Waals surface area contributed by atoms with Crippen molar-refractivity contribution in [3.8, 4) is 5.75 Å². The second-order valence-corrected chi connectivity index (χ2v) is 6.77. The second kappa shape index (κ2) is 9.93. The Hall–Kier alpha value is -3.06. The van der Waals surface area contributed by atoms with Crippen LogP contribution in [-0.4, -0.2) is 68.1 Å². The van der Waals surface area contributed by atoms with E-state index in [9.17, 15) is 9.59 Å². The molecule has 0 radical (unpaired) electrons. The molecule has 1 saturated heterocycles. The van der Waals surface area contributed by atoms with Crippen LogP contribution in [0.4, 0.5) is 0 Å². The fraction of sp³-hybridized carbons (Fsp3) is 0.364. The lowest BCUT2D eigenvalue weighted by atomic mass is 10.2. The van der Waals surface area contributed by atoms with E-state index in [2.05, 4.69) is 4.90 Å². The van der Waals surface area contributed by atoms with Gasteiger partial charge in [-0.15, -0.1) is 0 Å². The van der Waals surface area contributed by atoms with Crippen molar-refractivity contribution in [1.29, 1.82) is 0 Å². The number of methoxy groups -OCH3 is 1. The van der Waals surface area contributed by atoms with Crippen molar-refractivity contribution in [3.63, 3.8) is 0 Å². The third-order valence-electron chi connectivity index (χ3n) is 4.84. The molecule has 3 rings (SSSR count). The van der Waals surface area contributed by atoms with Crippen molar-refractivity contribution in [2.24, 2.45) is 0 Å². The van der Waals surface area contributed by atoms with E-state index in [1.807, 2.05) is 35.2 Å². The maximum Gasteiger partial charge on any atom is 0.341 e. The molecule has 154 valence electrons. The van der Waals surface area contributed by atoms with Gasteiger partial charge in [0.2, 0.25) is 5.91 Å². The molecule has 0 saturated carbocycles. The molecule has 1 aliphatic heterocycles. The number of esters is 1. The van der Waals surface area contributed by atoms with Crippen LogP contribution >= 0.6 is 0 Å². The minimum Gasteiger partial charge on any atom is -0.492 e. The predicted octanol–water partition coefficient (Wildman–Crippen LogP) is 2.61. The Morgan fingerprint density at radius 3 is 2.55 bits per heavy atom. The zero-order chi connectivity index (χ0) is 20.6. The number of carbonyl (C=O) groups excluding carboxylic acids is 2. The zero-order valence-corrected chi connectivity index (χ0v) is 16.8. The van der Waals surface area contributed by atoms with Crippen molar-refractivity contribution in [2.75, 3.05) is 46.4 Å². The van der Waals surface area contributed by atoms with E-state index in [0.29, 0.717) is 36.8 Å². The van der Waals surface area contributed by atoms with Crippen LogP contribution in [0.2, 0.25) is 0 Å². The summed E-state index contributed by atoms with van der Waals surface area (Å²) >= 11 is 0. The summed E-state index contributed by atoms with van der Waals surface area (Å²) in [4.78, 5) is 28.1. The molecule has 0 spiro atoms. The standard InChI is InChI=1S/C22H26N2O5/c1-17-20(22(26)27-2)16-19(29-17)8-9-21(25)24-12-10-23(11-13-24)14-15-28-18-6-4-3-5-7-18/h3-9,16H,10-15H2,1-2H3/b9-8+. The molecule has 0 N–H and O–H groups in total. The summed E-state index contributed by atoms with van der Waals surface area (Å²) in [5.74, 6) is 1.27. The number of furan rings is 1. The minimum atomic E-state index is -0.454. The molecule has 0 bridgehead atoms. The number of amides is 1. The van der Waals surface area contributed by atoms with Crippen LogP contribution in [0.15, 0.2) is 46.9 Å². The Morgan fingerprint density at radius 1 is 1.14 bits per heavy atom. The van der Waals surface area contributed by atoms with Gasteiger partial charge in [0.1, 0.15) is 29.4 Å². The van der Waals surface area contributed by atoms with Gasteiger partial charge < -0.3 is 18.8 Å². The Labute approximate surface area is 170 Å². The highest BCUT2D eigenvalue weighted by atomic mass is 16.5. The molecular formula is C22H26N2O5. The van der Waals surface area contributed by atoms with Crippen molar-refractivity contribution in [1.82, 2.24) is 9.80 Å². The molecule has 7 heteroatoms.